The summed E-state index contributed by atoms with van der Waals surface area (Å²) in [7, 11) is 3.62. The van der Waals surface area contributed by atoms with Gasteiger partial charge in [-0.1, -0.05) is 18.2 Å². The van der Waals surface area contributed by atoms with Crippen LogP contribution in [0.4, 0.5) is 10.2 Å². The summed E-state index contributed by atoms with van der Waals surface area (Å²) >= 11 is 12.0. The maximum atomic E-state index is 15.8. The average molecular weight is 631 g/mol. The van der Waals surface area contributed by atoms with Gasteiger partial charge in [0.25, 0.3) is 0 Å². The van der Waals surface area contributed by atoms with Crippen molar-refractivity contribution in [2.75, 3.05) is 38.1 Å². The first-order valence-electron chi connectivity index (χ1n) is 12.8. The summed E-state index contributed by atoms with van der Waals surface area (Å²) in [5.41, 5.74) is -0.961. The second-order valence-corrected chi connectivity index (χ2v) is 13.1. The Balaban J connectivity index is 1.62. The molecule has 1 aliphatic heterocycles. The minimum absolute atomic E-state index is 0.173. The molecule has 1 aliphatic rings. The van der Waals surface area contributed by atoms with E-state index in [0.717, 1.165) is 0 Å². The average Bonchev–Trinajstić information content (AvgIpc) is 3.46. The Morgan fingerprint density at radius 1 is 1.37 bits per heavy atom. The summed E-state index contributed by atoms with van der Waals surface area (Å²) in [5, 5.41) is 14.0. The Morgan fingerprint density at radius 2 is 2.07 bits per heavy atom. The van der Waals surface area contributed by atoms with Crippen LogP contribution in [0.1, 0.15) is 25.9 Å². The van der Waals surface area contributed by atoms with Gasteiger partial charge in [0.2, 0.25) is 0 Å². The number of imidazole rings is 1. The van der Waals surface area contributed by atoms with Crippen LogP contribution in [0, 0.1) is 6.92 Å². The second kappa shape index (κ2) is 12.8. The second-order valence-electron chi connectivity index (χ2n) is 9.69. The maximum absolute atomic E-state index is 15.8. The first-order valence-corrected chi connectivity index (χ1v) is 16.0. The maximum Gasteiger partial charge on any atom is 0.323 e. The molecule has 2 aromatic heterocycles. The highest BCUT2D eigenvalue weighted by molar-refractivity contribution is 8.09. The number of benzene rings is 1. The highest BCUT2D eigenvalue weighted by Gasteiger charge is 2.57. The Morgan fingerprint density at radius 3 is 2.71 bits per heavy atom. The van der Waals surface area contributed by atoms with Crippen LogP contribution >= 0.6 is 18.2 Å². The fourth-order valence-electron chi connectivity index (χ4n) is 4.27. The number of hydrogen-bond acceptors (Lipinski definition) is 11. The van der Waals surface area contributed by atoms with Crippen molar-refractivity contribution in [1.29, 1.82) is 0 Å². The molecular weight excluding hydrogens is 598 g/mol. The topological polar surface area (TPSA) is 133 Å². The van der Waals surface area contributed by atoms with E-state index in [1.807, 2.05) is 14.1 Å². The first-order chi connectivity index (χ1) is 19.4. The molecule has 12 nitrogen and oxygen atoms in total. The van der Waals surface area contributed by atoms with E-state index in [9.17, 15) is 9.90 Å². The number of para-hydroxylation sites is 1. The van der Waals surface area contributed by atoms with Crippen molar-refractivity contribution in [3.63, 3.8) is 0 Å². The predicted octanol–water partition coefficient (Wildman–Crippen LogP) is 3.27. The number of esters is 1. The number of carbonyl (C=O) groups excluding carboxylic acids is 1. The van der Waals surface area contributed by atoms with Crippen LogP contribution in [-0.2, 0) is 30.6 Å². The van der Waals surface area contributed by atoms with Crippen molar-refractivity contribution >= 4 is 53.0 Å². The standard InChI is InChI=1S/C25H33ClFN6O6PS/c1-6-36-24(35)15(2)31-40(41,39-17-10-8-7-9-11-17)37-13-25(12-26)20(34)18(27)23(38-25)33-14-28-19-21(32(4)5)29-16(3)30-22(19)33/h7-11,14-15,18,20,23,34H,6,12-13H2,1-5H3,(H,31,41)/t15-,18-,20+,23-,25-,40?/m1/s1. The van der Waals surface area contributed by atoms with Gasteiger partial charge in [-0.05, 0) is 44.7 Å². The number of fused-ring (bicyclic) bond motifs is 1. The number of alkyl halides is 2. The van der Waals surface area contributed by atoms with E-state index in [0.29, 0.717) is 28.6 Å². The lowest BCUT2D eigenvalue weighted by molar-refractivity contribution is -0.144. The van der Waals surface area contributed by atoms with Gasteiger partial charge in [-0.3, -0.25) is 9.36 Å². The van der Waals surface area contributed by atoms with Gasteiger partial charge in [0.05, 0.1) is 25.4 Å². The van der Waals surface area contributed by atoms with Crippen molar-refractivity contribution in [1.82, 2.24) is 24.6 Å². The van der Waals surface area contributed by atoms with Gasteiger partial charge in [0.1, 0.15) is 29.3 Å². The highest BCUT2D eigenvalue weighted by Crippen LogP contribution is 2.49. The first kappa shape index (κ1) is 31.5. The van der Waals surface area contributed by atoms with E-state index in [1.54, 1.807) is 56.0 Å². The molecule has 1 aromatic carbocycles. The van der Waals surface area contributed by atoms with Crippen LogP contribution in [-0.4, -0.2) is 87.7 Å². The summed E-state index contributed by atoms with van der Waals surface area (Å²) in [4.78, 5) is 27.3. The molecule has 1 unspecified atom stereocenters. The number of halogens is 2. The highest BCUT2D eigenvalue weighted by atomic mass is 35.5. The fraction of sp³-hybridized carbons (Fsp3) is 0.520. The molecule has 224 valence electrons. The molecular formula is C25H33ClFN6O6PS. The number of ether oxygens (including phenoxy) is 2. The largest absolute Gasteiger partial charge is 0.465 e. The Bertz CT molecular complexity index is 1420. The number of aromatic nitrogens is 4. The number of hydrogen-bond donors (Lipinski definition) is 2. The molecule has 2 N–H and O–H groups in total. The number of rotatable bonds is 12. The van der Waals surface area contributed by atoms with Gasteiger partial charge in [0, 0.05) is 14.1 Å². The number of anilines is 1. The van der Waals surface area contributed by atoms with E-state index in [4.69, 9.17) is 41.9 Å². The van der Waals surface area contributed by atoms with E-state index in [1.165, 1.54) is 10.9 Å². The van der Waals surface area contributed by atoms with Crippen molar-refractivity contribution in [2.24, 2.45) is 0 Å². The van der Waals surface area contributed by atoms with Crippen molar-refractivity contribution < 1.29 is 32.8 Å². The van der Waals surface area contributed by atoms with Crippen molar-refractivity contribution in [3.05, 3.63) is 42.5 Å². The van der Waals surface area contributed by atoms with Gasteiger partial charge in [-0.25, -0.2) is 24.4 Å². The molecule has 0 bridgehead atoms. The third kappa shape index (κ3) is 6.64. The van der Waals surface area contributed by atoms with Gasteiger partial charge in [-0.15, -0.1) is 11.6 Å². The fourth-order valence-corrected chi connectivity index (χ4v) is 7.00. The number of aryl methyl sites for hydroxylation is 1. The monoisotopic (exact) mass is 630 g/mol. The molecule has 4 rings (SSSR count). The van der Waals surface area contributed by atoms with Crippen molar-refractivity contribution in [2.45, 2.75) is 50.9 Å². The number of aliphatic hydroxyl groups excluding tert-OH is 1. The lowest BCUT2D eigenvalue weighted by Crippen LogP contribution is -2.48. The lowest BCUT2D eigenvalue weighted by Gasteiger charge is -2.33. The van der Waals surface area contributed by atoms with Crippen molar-refractivity contribution in [3.8, 4) is 5.75 Å². The van der Waals surface area contributed by atoms with Crippen LogP contribution in [0.3, 0.4) is 0 Å². The normalized spacial score (nSPS) is 24.6. The SMILES string of the molecule is CCOC(=O)[C@@H](C)NP(=S)(OC[C@@]1(CCl)O[C@@H](n2cnc3c(N(C)C)nc(C)nc32)[C@H](F)[C@@H]1O)Oc1ccccc1. The summed E-state index contributed by atoms with van der Waals surface area (Å²) in [6, 6.07) is 7.74. The Labute approximate surface area is 247 Å². The Kier molecular flexibility index (Phi) is 9.85. The summed E-state index contributed by atoms with van der Waals surface area (Å²) in [6.07, 6.45) is -3.58. The van der Waals surface area contributed by atoms with Gasteiger partial charge in [0.15, 0.2) is 29.4 Å². The van der Waals surface area contributed by atoms with Crippen LogP contribution in [0.2, 0.25) is 0 Å². The molecule has 1 fully saturated rings. The molecule has 1 saturated heterocycles. The van der Waals surface area contributed by atoms with Gasteiger partial charge >= 0.3 is 12.6 Å². The van der Waals surface area contributed by atoms with E-state index < -0.39 is 49.4 Å². The summed E-state index contributed by atoms with van der Waals surface area (Å²) < 4.78 is 40.4. The number of aliphatic hydroxyl groups is 1. The smallest absolute Gasteiger partial charge is 0.323 e. The van der Waals surface area contributed by atoms with E-state index in [-0.39, 0.29) is 12.5 Å². The predicted molar refractivity (Wildman–Crippen MR) is 155 cm³/mol. The molecule has 0 aliphatic carbocycles. The molecule has 0 saturated carbocycles. The molecule has 0 amide bonds. The van der Waals surface area contributed by atoms with Crippen LogP contribution in [0.25, 0.3) is 11.2 Å². The van der Waals surface area contributed by atoms with Gasteiger partial charge < -0.3 is 28.5 Å². The minimum Gasteiger partial charge on any atom is -0.465 e. The summed E-state index contributed by atoms with van der Waals surface area (Å²) in [5.74, 6) is 0.474. The number of carbonyl (C=O) groups is 1. The molecule has 0 radical (unpaired) electrons. The zero-order valence-corrected chi connectivity index (χ0v) is 25.7. The zero-order valence-electron chi connectivity index (χ0n) is 23.2. The third-order valence-corrected chi connectivity index (χ3v) is 9.28. The summed E-state index contributed by atoms with van der Waals surface area (Å²) in [6.45, 7) is 1.16. The molecule has 6 atom stereocenters. The molecule has 0 spiro atoms. The molecule has 3 heterocycles. The van der Waals surface area contributed by atoms with E-state index in [2.05, 4.69) is 20.0 Å². The number of nitrogens with zero attached hydrogens (tertiary/aromatic N) is 5. The minimum atomic E-state index is -3.51. The number of nitrogens with one attached hydrogen (secondary N) is 1. The molecule has 3 aromatic rings. The van der Waals surface area contributed by atoms with E-state index >= 15 is 4.39 Å². The van der Waals surface area contributed by atoms with Crippen LogP contribution in [0.15, 0.2) is 36.7 Å². The quantitative estimate of drug-likeness (QED) is 0.173. The zero-order chi connectivity index (χ0) is 29.9. The van der Waals surface area contributed by atoms with Gasteiger partial charge in [-0.2, -0.15) is 0 Å². The lowest BCUT2D eigenvalue weighted by atomic mass is 9.99. The van der Waals surface area contributed by atoms with Crippen LogP contribution in [0.5, 0.6) is 5.75 Å². The Hall–Kier alpha value is -2.45. The van der Waals surface area contributed by atoms with Crippen LogP contribution < -0.4 is 14.5 Å². The molecule has 16 heteroatoms. The molecule has 41 heavy (non-hydrogen) atoms. The third-order valence-electron chi connectivity index (χ3n) is 6.35.